The number of aromatic hydroxyl groups is 1. The first-order chi connectivity index (χ1) is 11.4. The number of rotatable bonds is 3. The summed E-state index contributed by atoms with van der Waals surface area (Å²) in [5.74, 6) is 0.237. The van der Waals surface area contributed by atoms with E-state index in [1.807, 2.05) is 19.1 Å². The number of hydrogen-bond donors (Lipinski definition) is 2. The van der Waals surface area contributed by atoms with Crippen LogP contribution in [0.5, 0.6) is 5.75 Å². The lowest BCUT2D eigenvalue weighted by Gasteiger charge is -2.36. The zero-order valence-electron chi connectivity index (χ0n) is 14.5. The molecular weight excluding hydrogens is 308 g/mol. The van der Waals surface area contributed by atoms with Gasteiger partial charge in [0.15, 0.2) is 0 Å². The normalized spacial score (nSPS) is 15.8. The molecule has 24 heavy (non-hydrogen) atoms. The number of amides is 4. The van der Waals surface area contributed by atoms with Crippen LogP contribution in [0.25, 0.3) is 0 Å². The van der Waals surface area contributed by atoms with E-state index in [0.717, 1.165) is 5.56 Å². The molecule has 0 bridgehead atoms. The van der Waals surface area contributed by atoms with Gasteiger partial charge in [-0.15, -0.1) is 0 Å². The summed E-state index contributed by atoms with van der Waals surface area (Å²) in [6.07, 6.45) is 0.700. The van der Waals surface area contributed by atoms with Gasteiger partial charge in [-0.05, 0) is 31.0 Å². The number of phenolic OH excluding ortho intramolecular Hbond substituents is 1. The van der Waals surface area contributed by atoms with Crippen LogP contribution in [-0.2, 0) is 6.42 Å². The number of benzene rings is 1. The van der Waals surface area contributed by atoms with E-state index in [9.17, 15) is 14.7 Å². The van der Waals surface area contributed by atoms with Crippen LogP contribution in [0.2, 0.25) is 0 Å². The van der Waals surface area contributed by atoms with E-state index in [2.05, 4.69) is 5.32 Å². The van der Waals surface area contributed by atoms with Crippen molar-refractivity contribution in [2.24, 2.45) is 0 Å². The molecule has 1 aromatic rings. The molecule has 1 aromatic carbocycles. The van der Waals surface area contributed by atoms with Crippen LogP contribution >= 0.6 is 0 Å². The van der Waals surface area contributed by atoms with Crippen LogP contribution in [0.15, 0.2) is 24.3 Å². The topological polar surface area (TPSA) is 76.1 Å². The van der Waals surface area contributed by atoms with Crippen LogP contribution in [0.1, 0.15) is 12.5 Å². The van der Waals surface area contributed by atoms with Crippen molar-refractivity contribution in [3.8, 4) is 5.75 Å². The third kappa shape index (κ3) is 4.78. The van der Waals surface area contributed by atoms with Crippen LogP contribution in [-0.4, -0.2) is 78.2 Å². The first-order valence-electron chi connectivity index (χ1n) is 8.16. The van der Waals surface area contributed by atoms with Crippen molar-refractivity contribution in [3.05, 3.63) is 29.8 Å². The third-order valence-corrected chi connectivity index (χ3v) is 4.07. The van der Waals surface area contributed by atoms with E-state index < -0.39 is 0 Å². The van der Waals surface area contributed by atoms with E-state index in [-0.39, 0.29) is 23.9 Å². The molecule has 132 valence electrons. The van der Waals surface area contributed by atoms with Gasteiger partial charge in [-0.1, -0.05) is 12.1 Å². The molecule has 1 atom stereocenters. The fourth-order valence-corrected chi connectivity index (χ4v) is 2.72. The zero-order valence-corrected chi connectivity index (χ0v) is 14.5. The molecule has 2 N–H and O–H groups in total. The van der Waals surface area contributed by atoms with Crippen LogP contribution in [0.3, 0.4) is 0 Å². The summed E-state index contributed by atoms with van der Waals surface area (Å²) in [6, 6.07) is 6.86. The number of urea groups is 2. The summed E-state index contributed by atoms with van der Waals surface area (Å²) >= 11 is 0. The van der Waals surface area contributed by atoms with Gasteiger partial charge in [0.05, 0.1) is 0 Å². The lowest BCUT2D eigenvalue weighted by Crippen LogP contribution is -2.55. The van der Waals surface area contributed by atoms with Crippen molar-refractivity contribution in [3.63, 3.8) is 0 Å². The van der Waals surface area contributed by atoms with Crippen LogP contribution < -0.4 is 5.32 Å². The second kappa shape index (κ2) is 7.90. The Morgan fingerprint density at radius 2 is 1.67 bits per heavy atom. The molecular formula is C17H26N4O3. The lowest BCUT2D eigenvalue weighted by atomic mass is 10.1. The third-order valence-electron chi connectivity index (χ3n) is 4.07. The molecule has 7 heteroatoms. The molecule has 0 saturated carbocycles. The summed E-state index contributed by atoms with van der Waals surface area (Å²) in [4.78, 5) is 29.3. The second-order valence-corrected chi connectivity index (χ2v) is 6.37. The lowest BCUT2D eigenvalue weighted by molar-refractivity contribution is 0.128. The predicted molar refractivity (Wildman–Crippen MR) is 92.0 cm³/mol. The minimum Gasteiger partial charge on any atom is -0.508 e. The number of carbonyl (C=O) groups is 2. The van der Waals surface area contributed by atoms with Gasteiger partial charge in [0.2, 0.25) is 0 Å². The van der Waals surface area contributed by atoms with Crippen molar-refractivity contribution < 1.29 is 14.7 Å². The summed E-state index contributed by atoms with van der Waals surface area (Å²) in [7, 11) is 3.46. The standard InChI is InChI=1S/C17H26N4O3/c1-13(12-14-4-6-15(22)7-5-14)18-16(23)20-8-10-21(11-9-20)17(24)19(2)3/h4-7,13,22H,8-12H2,1-3H3,(H,18,23). The maximum absolute atomic E-state index is 12.3. The molecule has 1 aliphatic heterocycles. The first-order valence-corrected chi connectivity index (χ1v) is 8.16. The van der Waals surface area contributed by atoms with E-state index in [4.69, 9.17) is 0 Å². The van der Waals surface area contributed by atoms with Gasteiger partial charge >= 0.3 is 12.1 Å². The van der Waals surface area contributed by atoms with Crippen molar-refractivity contribution in [1.82, 2.24) is 20.0 Å². The Balaban J connectivity index is 1.78. The average molecular weight is 334 g/mol. The second-order valence-electron chi connectivity index (χ2n) is 6.37. The highest BCUT2D eigenvalue weighted by Gasteiger charge is 2.25. The Bertz CT molecular complexity index is 566. The van der Waals surface area contributed by atoms with Gasteiger partial charge in [-0.2, -0.15) is 0 Å². The van der Waals surface area contributed by atoms with Crippen molar-refractivity contribution >= 4 is 12.1 Å². The quantitative estimate of drug-likeness (QED) is 0.876. The molecule has 0 spiro atoms. The van der Waals surface area contributed by atoms with Crippen molar-refractivity contribution in [1.29, 1.82) is 0 Å². The number of carbonyl (C=O) groups excluding carboxylic acids is 2. The van der Waals surface area contributed by atoms with Crippen LogP contribution in [0, 0.1) is 0 Å². The van der Waals surface area contributed by atoms with E-state index in [0.29, 0.717) is 32.6 Å². The molecule has 0 aromatic heterocycles. The van der Waals surface area contributed by atoms with Gasteiger partial charge in [0.1, 0.15) is 5.75 Å². The maximum atomic E-state index is 12.3. The summed E-state index contributed by atoms with van der Waals surface area (Å²) in [5.41, 5.74) is 1.06. The molecule has 0 radical (unpaired) electrons. The van der Waals surface area contributed by atoms with Crippen LogP contribution in [0.4, 0.5) is 9.59 Å². The molecule has 2 rings (SSSR count). The van der Waals surface area contributed by atoms with Gasteiger partial charge < -0.3 is 25.1 Å². The SMILES string of the molecule is CC(Cc1ccc(O)cc1)NC(=O)N1CCN(C(=O)N(C)C)CC1. The van der Waals surface area contributed by atoms with E-state index >= 15 is 0 Å². The Morgan fingerprint density at radius 1 is 1.12 bits per heavy atom. The molecule has 1 fully saturated rings. The maximum Gasteiger partial charge on any atom is 0.319 e. The van der Waals surface area contributed by atoms with E-state index in [1.54, 1.807) is 40.9 Å². The summed E-state index contributed by atoms with van der Waals surface area (Å²) < 4.78 is 0. The predicted octanol–water partition coefficient (Wildman–Crippen LogP) is 1.33. The minimum absolute atomic E-state index is 0.0107. The average Bonchev–Trinajstić information content (AvgIpc) is 2.56. The monoisotopic (exact) mass is 334 g/mol. The Labute approximate surface area is 142 Å². The highest BCUT2D eigenvalue weighted by Crippen LogP contribution is 2.11. The number of nitrogens with zero attached hydrogens (tertiary/aromatic N) is 3. The number of hydrogen-bond acceptors (Lipinski definition) is 3. The minimum atomic E-state index is -0.0989. The number of piperazine rings is 1. The molecule has 1 unspecified atom stereocenters. The van der Waals surface area contributed by atoms with Crippen molar-refractivity contribution in [2.75, 3.05) is 40.3 Å². The van der Waals surface area contributed by atoms with Crippen molar-refractivity contribution in [2.45, 2.75) is 19.4 Å². The molecule has 1 heterocycles. The number of phenols is 1. The Hall–Kier alpha value is -2.44. The van der Waals surface area contributed by atoms with Gasteiger partial charge in [0.25, 0.3) is 0 Å². The molecule has 1 saturated heterocycles. The fourth-order valence-electron chi connectivity index (χ4n) is 2.72. The molecule has 7 nitrogen and oxygen atoms in total. The zero-order chi connectivity index (χ0) is 17.7. The summed E-state index contributed by atoms with van der Waals surface area (Å²) in [5, 5.41) is 12.3. The Morgan fingerprint density at radius 3 is 2.21 bits per heavy atom. The molecule has 4 amide bonds. The van der Waals surface area contributed by atoms with Gasteiger partial charge in [-0.3, -0.25) is 0 Å². The van der Waals surface area contributed by atoms with Gasteiger partial charge in [-0.25, -0.2) is 9.59 Å². The largest absolute Gasteiger partial charge is 0.508 e. The summed E-state index contributed by atoms with van der Waals surface area (Å²) in [6.45, 7) is 4.14. The first kappa shape index (κ1) is 17.9. The molecule has 1 aliphatic rings. The highest BCUT2D eigenvalue weighted by atomic mass is 16.3. The molecule has 0 aliphatic carbocycles. The fraction of sp³-hybridized carbons (Fsp3) is 0.529. The highest BCUT2D eigenvalue weighted by molar-refractivity contribution is 5.76. The Kier molecular flexibility index (Phi) is 5.89. The van der Waals surface area contributed by atoms with E-state index in [1.165, 1.54) is 0 Å². The smallest absolute Gasteiger partial charge is 0.319 e. The number of nitrogens with one attached hydrogen (secondary N) is 1. The van der Waals surface area contributed by atoms with Gasteiger partial charge in [0, 0.05) is 46.3 Å².